The number of rotatable bonds is 3. The quantitative estimate of drug-likeness (QED) is 0.667. The van der Waals surface area contributed by atoms with Gasteiger partial charge in [-0.05, 0) is 17.0 Å². The van der Waals surface area contributed by atoms with Crippen molar-refractivity contribution in [3.8, 4) is 0 Å². The zero-order valence-electron chi connectivity index (χ0n) is 9.97. The summed E-state index contributed by atoms with van der Waals surface area (Å²) >= 11 is 0. The Bertz CT molecular complexity index is 105. The second kappa shape index (κ2) is 9.00. The summed E-state index contributed by atoms with van der Waals surface area (Å²) in [5, 5.41) is 0. The molecule has 0 atom stereocenters. The summed E-state index contributed by atoms with van der Waals surface area (Å²) in [6.45, 7) is 14.1. The molecule has 3 N–H and O–H groups in total. The fraction of sp³-hybridized carbons (Fsp3) is 1.00. The molecule has 88 valence electrons. The summed E-state index contributed by atoms with van der Waals surface area (Å²) in [5.41, 5.74) is 2.69. The second-order valence-corrected chi connectivity index (χ2v) is 8.53. The fourth-order valence-electron chi connectivity index (χ4n) is 1.79. The number of hydrogen-bond acceptors (Lipinski definition) is 3. The van der Waals surface area contributed by atoms with E-state index >= 15 is 0 Å². The third-order valence-corrected chi connectivity index (χ3v) is 5.37. The predicted octanol–water partition coefficient (Wildman–Crippen LogP) is 2.88. The highest BCUT2D eigenvalue weighted by atomic mass is 31.2. The van der Waals surface area contributed by atoms with Gasteiger partial charge in [-0.3, -0.25) is 0 Å². The summed E-state index contributed by atoms with van der Waals surface area (Å²) in [6.07, 6.45) is 0. The van der Waals surface area contributed by atoms with Crippen LogP contribution in [0, 0.1) is 0 Å². The lowest BCUT2D eigenvalue weighted by Gasteiger charge is -2.29. The lowest BCUT2D eigenvalue weighted by molar-refractivity contribution is 0.368. The van der Waals surface area contributed by atoms with Crippen LogP contribution in [0.25, 0.3) is 0 Å². The van der Waals surface area contributed by atoms with Crippen LogP contribution in [0.1, 0.15) is 41.5 Å². The molecule has 14 heavy (non-hydrogen) atoms. The van der Waals surface area contributed by atoms with E-state index in [1.165, 1.54) is 0 Å². The van der Waals surface area contributed by atoms with Crippen LogP contribution >= 0.6 is 16.5 Å². The molecule has 0 aliphatic heterocycles. The topological polar surface area (TPSA) is 60.7 Å². The van der Waals surface area contributed by atoms with Gasteiger partial charge in [-0.15, -0.1) is 0 Å². The number of hydrogen-bond donors (Lipinski definition) is 3. The van der Waals surface area contributed by atoms with Gasteiger partial charge in [0.15, 0.2) is 0 Å². The largest absolute Gasteiger partial charge is 0.328 e. The standard InChI is InChI=1S/C9H21P.H3O3P/c1-7(2)10(8(3)4)9(5)6;1-4(2)3/h7-9H,1-6H3;1-3H. The molecule has 3 nitrogen and oxygen atoms in total. The minimum atomic E-state index is -2.62. The maximum absolute atomic E-state index is 7.23. The molecule has 0 amide bonds. The third-order valence-electron chi connectivity index (χ3n) is 1.79. The second-order valence-electron chi connectivity index (χ2n) is 4.00. The van der Waals surface area contributed by atoms with Gasteiger partial charge in [-0.1, -0.05) is 49.5 Å². The van der Waals surface area contributed by atoms with Crippen molar-refractivity contribution in [1.29, 1.82) is 0 Å². The van der Waals surface area contributed by atoms with Crippen LogP contribution < -0.4 is 0 Å². The molecule has 0 radical (unpaired) electrons. The van der Waals surface area contributed by atoms with Gasteiger partial charge >= 0.3 is 8.60 Å². The van der Waals surface area contributed by atoms with Crippen molar-refractivity contribution < 1.29 is 14.7 Å². The van der Waals surface area contributed by atoms with Crippen molar-refractivity contribution in [2.75, 3.05) is 0 Å². The Balaban J connectivity index is 0. The minimum absolute atomic E-state index is 0.262. The Morgan fingerprint density at radius 2 is 0.786 bits per heavy atom. The minimum Gasteiger partial charge on any atom is -0.328 e. The van der Waals surface area contributed by atoms with Crippen molar-refractivity contribution in [2.45, 2.75) is 58.5 Å². The van der Waals surface area contributed by atoms with Gasteiger partial charge in [0, 0.05) is 0 Å². The average Bonchev–Trinajstić information content (AvgIpc) is 1.80. The molecular formula is C9H24O3P2. The van der Waals surface area contributed by atoms with E-state index in [-0.39, 0.29) is 7.92 Å². The maximum atomic E-state index is 7.23. The smallest absolute Gasteiger partial charge is 0.324 e. The highest BCUT2D eigenvalue weighted by molar-refractivity contribution is 7.59. The first-order valence-electron chi connectivity index (χ1n) is 4.84. The van der Waals surface area contributed by atoms with Crippen molar-refractivity contribution in [3.63, 3.8) is 0 Å². The summed E-state index contributed by atoms with van der Waals surface area (Å²) in [6, 6.07) is 0. The van der Waals surface area contributed by atoms with Crippen LogP contribution in [0.15, 0.2) is 0 Å². The molecule has 0 unspecified atom stereocenters. The van der Waals surface area contributed by atoms with Crippen LogP contribution in [0.5, 0.6) is 0 Å². The van der Waals surface area contributed by atoms with Gasteiger partial charge in [-0.2, -0.15) is 0 Å². The van der Waals surface area contributed by atoms with E-state index in [9.17, 15) is 0 Å². The average molecular weight is 242 g/mol. The molecule has 0 saturated carbocycles. The summed E-state index contributed by atoms with van der Waals surface area (Å²) in [5.74, 6) is 0. The van der Waals surface area contributed by atoms with E-state index in [2.05, 4.69) is 41.5 Å². The SMILES string of the molecule is CC(C)P(C(C)C)C(C)C.OP(O)O. The monoisotopic (exact) mass is 242 g/mol. The highest BCUT2D eigenvalue weighted by Gasteiger charge is 2.19. The molecule has 0 aliphatic carbocycles. The Morgan fingerprint density at radius 1 is 0.643 bits per heavy atom. The Hall–Kier alpha value is 0.740. The van der Waals surface area contributed by atoms with Crippen LogP contribution in [0.3, 0.4) is 0 Å². The van der Waals surface area contributed by atoms with E-state index in [1.807, 2.05) is 0 Å². The van der Waals surface area contributed by atoms with Crippen molar-refractivity contribution in [3.05, 3.63) is 0 Å². The molecule has 0 saturated heterocycles. The molecule has 0 aromatic carbocycles. The molecule has 0 aromatic heterocycles. The van der Waals surface area contributed by atoms with Gasteiger partial charge in [0.25, 0.3) is 0 Å². The predicted molar refractivity (Wildman–Crippen MR) is 65.9 cm³/mol. The van der Waals surface area contributed by atoms with Crippen LogP contribution in [0.4, 0.5) is 0 Å². The Morgan fingerprint density at radius 3 is 0.786 bits per heavy atom. The van der Waals surface area contributed by atoms with Gasteiger partial charge in [0.1, 0.15) is 0 Å². The van der Waals surface area contributed by atoms with Gasteiger partial charge in [-0.25, -0.2) is 0 Å². The summed E-state index contributed by atoms with van der Waals surface area (Å²) < 4.78 is 0. The molecule has 0 fully saturated rings. The van der Waals surface area contributed by atoms with E-state index < -0.39 is 8.60 Å². The lowest BCUT2D eigenvalue weighted by Crippen LogP contribution is -2.10. The van der Waals surface area contributed by atoms with E-state index in [1.54, 1.807) is 0 Å². The van der Waals surface area contributed by atoms with Crippen LogP contribution in [0.2, 0.25) is 0 Å². The van der Waals surface area contributed by atoms with Crippen LogP contribution in [-0.4, -0.2) is 31.7 Å². The molecular weight excluding hydrogens is 218 g/mol. The first kappa shape index (κ1) is 17.1. The normalized spacial score (nSPS) is 11.6. The first-order valence-corrected chi connectivity index (χ1v) is 7.59. The zero-order valence-corrected chi connectivity index (χ0v) is 11.8. The lowest BCUT2D eigenvalue weighted by atomic mass is 10.5. The van der Waals surface area contributed by atoms with Gasteiger partial charge in [0.2, 0.25) is 0 Å². The van der Waals surface area contributed by atoms with E-state index in [0.29, 0.717) is 0 Å². The fourth-order valence-corrected chi connectivity index (χ4v) is 5.37. The third kappa shape index (κ3) is 10.8. The van der Waals surface area contributed by atoms with Crippen molar-refractivity contribution in [2.24, 2.45) is 0 Å². The van der Waals surface area contributed by atoms with Gasteiger partial charge in [0.05, 0.1) is 0 Å². The molecule has 0 heterocycles. The van der Waals surface area contributed by atoms with Crippen molar-refractivity contribution in [1.82, 2.24) is 0 Å². The first-order chi connectivity index (χ1) is 6.20. The van der Waals surface area contributed by atoms with Crippen molar-refractivity contribution >= 4 is 16.5 Å². The van der Waals surface area contributed by atoms with Crippen LogP contribution in [-0.2, 0) is 0 Å². The maximum Gasteiger partial charge on any atom is 0.324 e. The Kier molecular flexibility index (Phi) is 11.0. The van der Waals surface area contributed by atoms with E-state index in [0.717, 1.165) is 17.0 Å². The molecule has 5 heteroatoms. The zero-order chi connectivity index (χ0) is 11.9. The molecule has 0 bridgehead atoms. The molecule has 0 aromatic rings. The molecule has 0 spiro atoms. The highest BCUT2D eigenvalue weighted by Crippen LogP contribution is 2.49. The summed E-state index contributed by atoms with van der Waals surface area (Å²) in [4.78, 5) is 21.7. The molecule has 0 aliphatic rings. The summed E-state index contributed by atoms with van der Waals surface area (Å²) in [7, 11) is -2.36. The molecule has 0 rings (SSSR count). The Labute approximate surface area is 90.3 Å². The van der Waals surface area contributed by atoms with Gasteiger partial charge < -0.3 is 14.7 Å². The van der Waals surface area contributed by atoms with E-state index in [4.69, 9.17) is 14.7 Å².